The van der Waals surface area contributed by atoms with Crippen LogP contribution in [-0.2, 0) is 0 Å². The van der Waals surface area contributed by atoms with E-state index in [1.54, 1.807) is 0 Å². The summed E-state index contributed by atoms with van der Waals surface area (Å²) in [5, 5.41) is 0. The predicted octanol–water partition coefficient (Wildman–Crippen LogP) is 3.93. The van der Waals surface area contributed by atoms with Gasteiger partial charge in [0, 0.05) is 18.3 Å². The van der Waals surface area contributed by atoms with Gasteiger partial charge in [0.25, 0.3) is 0 Å². The highest BCUT2D eigenvalue weighted by atomic mass is 15.1. The summed E-state index contributed by atoms with van der Waals surface area (Å²) < 4.78 is 2.25. The minimum Gasteiger partial charge on any atom is -0.330 e. The van der Waals surface area contributed by atoms with Crippen LogP contribution in [0.5, 0.6) is 0 Å². The molecule has 2 atom stereocenters. The van der Waals surface area contributed by atoms with Crippen LogP contribution in [0, 0.1) is 11.8 Å². The minimum absolute atomic E-state index is 0.0834. The van der Waals surface area contributed by atoms with Gasteiger partial charge in [-0.05, 0) is 25.2 Å². The zero-order valence-electron chi connectivity index (χ0n) is 12.6. The molecule has 1 heterocycles. The van der Waals surface area contributed by atoms with Gasteiger partial charge in [-0.3, -0.25) is 0 Å². The third-order valence-corrected chi connectivity index (χ3v) is 3.63. The van der Waals surface area contributed by atoms with Crippen LogP contribution in [0.15, 0.2) is 12.5 Å². The van der Waals surface area contributed by atoms with E-state index in [9.17, 15) is 0 Å². The monoisotopic (exact) mass is 251 g/mol. The SMILES string of the molecule is CC(C)CCCC(C)n1cncc1C(N)C(C)C. The molecule has 18 heavy (non-hydrogen) atoms. The van der Waals surface area contributed by atoms with Gasteiger partial charge in [-0.2, -0.15) is 0 Å². The summed E-state index contributed by atoms with van der Waals surface area (Å²) in [4.78, 5) is 4.27. The Kier molecular flexibility index (Phi) is 5.86. The zero-order chi connectivity index (χ0) is 13.7. The first kappa shape index (κ1) is 15.2. The Labute approximate surface area is 112 Å². The molecule has 104 valence electrons. The summed E-state index contributed by atoms with van der Waals surface area (Å²) in [7, 11) is 0. The highest BCUT2D eigenvalue weighted by molar-refractivity contribution is 5.06. The molecule has 0 fully saturated rings. The zero-order valence-corrected chi connectivity index (χ0v) is 12.6. The topological polar surface area (TPSA) is 43.8 Å². The van der Waals surface area contributed by atoms with Crippen LogP contribution in [0.1, 0.15) is 71.7 Å². The first-order valence-corrected chi connectivity index (χ1v) is 7.20. The van der Waals surface area contributed by atoms with Crippen molar-refractivity contribution < 1.29 is 0 Å². The van der Waals surface area contributed by atoms with E-state index in [1.807, 2.05) is 12.5 Å². The molecule has 2 unspecified atom stereocenters. The number of hydrogen-bond donors (Lipinski definition) is 1. The average Bonchev–Trinajstić information content (AvgIpc) is 2.75. The third kappa shape index (κ3) is 4.13. The lowest BCUT2D eigenvalue weighted by atomic mass is 10.0. The maximum Gasteiger partial charge on any atom is 0.0951 e. The molecule has 1 aromatic rings. The smallest absolute Gasteiger partial charge is 0.0951 e. The van der Waals surface area contributed by atoms with Crippen molar-refractivity contribution in [2.75, 3.05) is 0 Å². The van der Waals surface area contributed by atoms with Gasteiger partial charge < -0.3 is 10.3 Å². The van der Waals surface area contributed by atoms with Gasteiger partial charge in [-0.1, -0.05) is 40.5 Å². The Morgan fingerprint density at radius 3 is 2.39 bits per heavy atom. The Bertz CT molecular complexity index is 341. The van der Waals surface area contributed by atoms with Crippen LogP contribution < -0.4 is 5.73 Å². The van der Waals surface area contributed by atoms with Crippen molar-refractivity contribution in [2.24, 2.45) is 17.6 Å². The lowest BCUT2D eigenvalue weighted by molar-refractivity contribution is 0.411. The lowest BCUT2D eigenvalue weighted by Crippen LogP contribution is -2.21. The van der Waals surface area contributed by atoms with Crippen LogP contribution in [-0.4, -0.2) is 9.55 Å². The fraction of sp³-hybridized carbons (Fsp3) is 0.800. The number of aromatic nitrogens is 2. The average molecular weight is 251 g/mol. The summed E-state index contributed by atoms with van der Waals surface area (Å²) >= 11 is 0. The molecule has 0 aliphatic carbocycles. The van der Waals surface area contributed by atoms with Gasteiger partial charge in [0.05, 0.1) is 12.0 Å². The second-order valence-corrected chi connectivity index (χ2v) is 6.17. The van der Waals surface area contributed by atoms with Crippen molar-refractivity contribution >= 4 is 0 Å². The number of hydrogen-bond acceptors (Lipinski definition) is 2. The first-order valence-electron chi connectivity index (χ1n) is 7.20. The van der Waals surface area contributed by atoms with Crippen molar-refractivity contribution in [3.8, 4) is 0 Å². The highest BCUT2D eigenvalue weighted by Gasteiger charge is 2.17. The number of nitrogens with two attached hydrogens (primary N) is 1. The maximum atomic E-state index is 6.24. The Morgan fingerprint density at radius 1 is 1.17 bits per heavy atom. The van der Waals surface area contributed by atoms with Gasteiger partial charge in [0.15, 0.2) is 0 Å². The van der Waals surface area contributed by atoms with E-state index >= 15 is 0 Å². The summed E-state index contributed by atoms with van der Waals surface area (Å²) in [5.41, 5.74) is 7.41. The Balaban J connectivity index is 2.63. The van der Waals surface area contributed by atoms with Crippen molar-refractivity contribution in [1.29, 1.82) is 0 Å². The van der Waals surface area contributed by atoms with Gasteiger partial charge >= 0.3 is 0 Å². The number of rotatable bonds is 7. The molecule has 0 saturated heterocycles. The summed E-state index contributed by atoms with van der Waals surface area (Å²) in [6.45, 7) is 11.1. The van der Waals surface area contributed by atoms with E-state index in [-0.39, 0.29) is 6.04 Å². The van der Waals surface area contributed by atoms with Crippen molar-refractivity contribution in [3.05, 3.63) is 18.2 Å². The molecule has 0 bridgehead atoms. The summed E-state index contributed by atoms with van der Waals surface area (Å²) in [6, 6.07) is 0.575. The van der Waals surface area contributed by atoms with Crippen molar-refractivity contribution in [3.63, 3.8) is 0 Å². The van der Waals surface area contributed by atoms with E-state index in [0.29, 0.717) is 12.0 Å². The van der Waals surface area contributed by atoms with Crippen LogP contribution >= 0.6 is 0 Å². The normalized spacial score (nSPS) is 15.3. The molecule has 0 saturated carbocycles. The van der Waals surface area contributed by atoms with E-state index in [1.165, 1.54) is 25.0 Å². The molecule has 3 heteroatoms. The molecular weight excluding hydrogens is 222 g/mol. The van der Waals surface area contributed by atoms with E-state index in [0.717, 1.165) is 5.92 Å². The molecule has 0 amide bonds. The molecule has 0 aliphatic heterocycles. The van der Waals surface area contributed by atoms with Crippen LogP contribution in [0.25, 0.3) is 0 Å². The molecule has 1 rings (SSSR count). The van der Waals surface area contributed by atoms with E-state index in [2.05, 4.69) is 44.2 Å². The molecular formula is C15H29N3. The van der Waals surface area contributed by atoms with Crippen LogP contribution in [0.2, 0.25) is 0 Å². The van der Waals surface area contributed by atoms with E-state index < -0.39 is 0 Å². The first-order chi connectivity index (χ1) is 8.43. The van der Waals surface area contributed by atoms with Gasteiger partial charge in [0.1, 0.15) is 0 Å². The Hall–Kier alpha value is -0.830. The second kappa shape index (κ2) is 6.93. The van der Waals surface area contributed by atoms with Gasteiger partial charge in [0.2, 0.25) is 0 Å². The fourth-order valence-corrected chi connectivity index (χ4v) is 2.24. The molecule has 3 nitrogen and oxygen atoms in total. The molecule has 0 spiro atoms. The minimum atomic E-state index is 0.0834. The molecule has 0 aliphatic rings. The maximum absolute atomic E-state index is 6.24. The highest BCUT2D eigenvalue weighted by Crippen LogP contribution is 2.24. The van der Waals surface area contributed by atoms with E-state index in [4.69, 9.17) is 5.73 Å². The Morgan fingerprint density at radius 2 is 1.83 bits per heavy atom. The fourth-order valence-electron chi connectivity index (χ4n) is 2.24. The van der Waals surface area contributed by atoms with Crippen LogP contribution in [0.3, 0.4) is 0 Å². The predicted molar refractivity (Wildman–Crippen MR) is 77.4 cm³/mol. The van der Waals surface area contributed by atoms with Gasteiger partial charge in [-0.15, -0.1) is 0 Å². The second-order valence-electron chi connectivity index (χ2n) is 6.17. The number of nitrogens with zero attached hydrogens (tertiary/aromatic N) is 2. The quantitative estimate of drug-likeness (QED) is 0.798. The molecule has 1 aromatic heterocycles. The molecule has 0 radical (unpaired) electrons. The molecule has 2 N–H and O–H groups in total. The van der Waals surface area contributed by atoms with Crippen molar-refractivity contribution in [2.45, 2.75) is 66.0 Å². The van der Waals surface area contributed by atoms with Crippen molar-refractivity contribution in [1.82, 2.24) is 9.55 Å². The lowest BCUT2D eigenvalue weighted by Gasteiger charge is -2.22. The van der Waals surface area contributed by atoms with Gasteiger partial charge in [-0.25, -0.2) is 4.98 Å². The summed E-state index contributed by atoms with van der Waals surface area (Å²) in [5.74, 6) is 1.24. The van der Waals surface area contributed by atoms with Crippen LogP contribution in [0.4, 0.5) is 0 Å². The third-order valence-electron chi connectivity index (χ3n) is 3.63. The standard InChI is InChI=1S/C15H29N3/c1-11(2)7-6-8-13(5)18-10-17-9-14(18)15(16)12(3)4/h9-13,15H,6-8,16H2,1-5H3. The largest absolute Gasteiger partial charge is 0.330 e. The molecule has 0 aromatic carbocycles. The number of imidazole rings is 1. The summed E-state index contributed by atoms with van der Waals surface area (Å²) in [6.07, 6.45) is 7.62.